The molecule has 1 saturated heterocycles. The molecule has 1 aliphatic heterocycles. The molecule has 2 aromatic rings. The zero-order valence-electron chi connectivity index (χ0n) is 13.1. The van der Waals surface area contributed by atoms with Gasteiger partial charge in [-0.25, -0.2) is 4.98 Å². The molecule has 0 amide bonds. The number of benzene rings is 1. The van der Waals surface area contributed by atoms with E-state index < -0.39 is 5.60 Å². The molecule has 22 heavy (non-hydrogen) atoms. The lowest BCUT2D eigenvalue weighted by molar-refractivity contribution is 0.0651. The summed E-state index contributed by atoms with van der Waals surface area (Å²) in [5, 5.41) is 13.9. The molecule has 2 unspecified atom stereocenters. The lowest BCUT2D eigenvalue weighted by Crippen LogP contribution is -2.41. The second-order valence-electron chi connectivity index (χ2n) is 6.07. The second-order valence-corrected chi connectivity index (χ2v) is 7.17. The highest BCUT2D eigenvalue weighted by atomic mass is 32.2. The highest BCUT2D eigenvalue weighted by Crippen LogP contribution is 2.28. The maximum Gasteiger partial charge on any atom is 0.110 e. The summed E-state index contributed by atoms with van der Waals surface area (Å²) in [4.78, 5) is 4.25. The normalized spacial score (nSPS) is 22.9. The van der Waals surface area contributed by atoms with Crippen LogP contribution in [0.5, 0.6) is 0 Å². The van der Waals surface area contributed by atoms with Crippen molar-refractivity contribution in [3.05, 3.63) is 48.0 Å². The van der Waals surface area contributed by atoms with E-state index >= 15 is 0 Å². The van der Waals surface area contributed by atoms with Crippen LogP contribution >= 0.6 is 11.8 Å². The highest BCUT2D eigenvalue weighted by Gasteiger charge is 2.31. The Balaban J connectivity index is 1.63. The molecular formula is C17H23N3OS. The van der Waals surface area contributed by atoms with E-state index in [2.05, 4.69) is 46.1 Å². The van der Waals surface area contributed by atoms with E-state index in [1.165, 1.54) is 5.56 Å². The minimum Gasteiger partial charge on any atom is -0.388 e. The van der Waals surface area contributed by atoms with Crippen molar-refractivity contribution in [1.82, 2.24) is 14.9 Å². The van der Waals surface area contributed by atoms with Gasteiger partial charge in [-0.1, -0.05) is 12.1 Å². The van der Waals surface area contributed by atoms with Crippen molar-refractivity contribution >= 4 is 11.8 Å². The number of rotatable bonds is 5. The zero-order valence-corrected chi connectivity index (χ0v) is 13.9. The van der Waals surface area contributed by atoms with Gasteiger partial charge in [0.05, 0.1) is 5.60 Å². The Labute approximate surface area is 136 Å². The molecule has 1 fully saturated rings. The Kier molecular flexibility index (Phi) is 4.57. The summed E-state index contributed by atoms with van der Waals surface area (Å²) >= 11 is 1.83. The van der Waals surface area contributed by atoms with Gasteiger partial charge in [0.25, 0.3) is 0 Å². The summed E-state index contributed by atoms with van der Waals surface area (Å²) in [6.07, 6.45) is 4.67. The predicted molar refractivity (Wildman–Crippen MR) is 91.6 cm³/mol. The van der Waals surface area contributed by atoms with Gasteiger partial charge in [-0.2, -0.15) is 11.8 Å². The van der Waals surface area contributed by atoms with Crippen molar-refractivity contribution in [3.8, 4) is 5.69 Å². The number of aryl methyl sites for hydroxylation is 1. The summed E-state index contributed by atoms with van der Waals surface area (Å²) in [5.74, 6) is 2.89. The Bertz CT molecular complexity index is 617. The molecule has 1 aliphatic rings. The second kappa shape index (κ2) is 6.44. The minimum atomic E-state index is -0.535. The van der Waals surface area contributed by atoms with Crippen LogP contribution in [-0.2, 0) is 0 Å². The number of nitrogens with one attached hydrogen (secondary N) is 1. The molecule has 3 rings (SSSR count). The fourth-order valence-electron chi connectivity index (χ4n) is 2.77. The van der Waals surface area contributed by atoms with E-state index in [9.17, 15) is 5.11 Å². The first-order chi connectivity index (χ1) is 10.6. The molecule has 4 nitrogen and oxygen atoms in total. The Morgan fingerprint density at radius 1 is 1.41 bits per heavy atom. The number of thioether (sulfide) groups is 1. The molecule has 0 radical (unpaired) electrons. The molecular weight excluding hydrogens is 294 g/mol. The zero-order chi connectivity index (χ0) is 15.6. The van der Waals surface area contributed by atoms with E-state index in [0.29, 0.717) is 6.54 Å². The smallest absolute Gasteiger partial charge is 0.110 e. The molecule has 1 aromatic heterocycles. The van der Waals surface area contributed by atoms with Crippen LogP contribution in [0.3, 0.4) is 0 Å². The molecule has 5 heteroatoms. The third-order valence-electron chi connectivity index (χ3n) is 4.32. The van der Waals surface area contributed by atoms with Gasteiger partial charge in [0, 0.05) is 36.4 Å². The number of nitrogens with zero attached hydrogens (tertiary/aromatic N) is 2. The van der Waals surface area contributed by atoms with Crippen LogP contribution in [0.15, 0.2) is 36.7 Å². The van der Waals surface area contributed by atoms with Gasteiger partial charge in [0.1, 0.15) is 5.82 Å². The van der Waals surface area contributed by atoms with Gasteiger partial charge >= 0.3 is 0 Å². The molecule has 0 bridgehead atoms. The molecule has 118 valence electrons. The molecule has 2 heterocycles. The van der Waals surface area contributed by atoms with Crippen LogP contribution < -0.4 is 5.32 Å². The average molecular weight is 317 g/mol. The molecule has 0 saturated carbocycles. The summed E-state index contributed by atoms with van der Waals surface area (Å²) in [6, 6.07) is 8.73. The first-order valence-electron chi connectivity index (χ1n) is 7.71. The number of imidazole rings is 1. The van der Waals surface area contributed by atoms with Crippen molar-refractivity contribution in [3.63, 3.8) is 0 Å². The van der Waals surface area contributed by atoms with E-state index in [4.69, 9.17) is 0 Å². The summed E-state index contributed by atoms with van der Waals surface area (Å²) in [6.45, 7) is 4.80. The van der Waals surface area contributed by atoms with Crippen molar-refractivity contribution in [1.29, 1.82) is 0 Å². The molecule has 1 aromatic carbocycles. The van der Waals surface area contributed by atoms with Gasteiger partial charge < -0.3 is 15.0 Å². The first-order valence-corrected chi connectivity index (χ1v) is 8.87. The first kappa shape index (κ1) is 15.6. The van der Waals surface area contributed by atoms with Crippen molar-refractivity contribution in [2.24, 2.45) is 0 Å². The lowest BCUT2D eigenvalue weighted by Gasteiger charge is -2.24. The number of hydrogen-bond donors (Lipinski definition) is 2. The Morgan fingerprint density at radius 2 is 2.18 bits per heavy atom. The van der Waals surface area contributed by atoms with E-state index in [1.54, 1.807) is 0 Å². The largest absolute Gasteiger partial charge is 0.388 e. The maximum atomic E-state index is 10.4. The number of aliphatic hydroxyl groups is 1. The number of hydrogen-bond acceptors (Lipinski definition) is 4. The van der Waals surface area contributed by atoms with Gasteiger partial charge in [-0.05, 0) is 43.7 Å². The number of aromatic nitrogens is 2. The third-order valence-corrected chi connectivity index (χ3v) is 5.55. The predicted octanol–water partition coefficient (Wildman–Crippen LogP) is 2.70. The van der Waals surface area contributed by atoms with Gasteiger partial charge in [0.2, 0.25) is 0 Å². The maximum absolute atomic E-state index is 10.4. The fraction of sp³-hybridized carbons (Fsp3) is 0.471. The Hall–Kier alpha value is -1.30. The van der Waals surface area contributed by atoms with Crippen LogP contribution in [0.25, 0.3) is 5.69 Å². The standard InChI is InChI=1S/C17H23N3OS/c1-13(19-11-17(21)7-10-22-12-17)15-3-5-16(6-4-15)20-9-8-18-14(20)2/h3-6,8-9,13,19,21H,7,10-12H2,1-2H3. The molecule has 0 aliphatic carbocycles. The lowest BCUT2D eigenvalue weighted by atomic mass is 10.0. The van der Waals surface area contributed by atoms with Crippen molar-refractivity contribution in [2.45, 2.75) is 31.9 Å². The van der Waals surface area contributed by atoms with Crippen LogP contribution in [0.4, 0.5) is 0 Å². The third kappa shape index (κ3) is 3.37. The summed E-state index contributed by atoms with van der Waals surface area (Å²) < 4.78 is 2.07. The summed E-state index contributed by atoms with van der Waals surface area (Å²) in [5.41, 5.74) is 1.82. The van der Waals surface area contributed by atoms with Crippen molar-refractivity contribution < 1.29 is 5.11 Å². The quantitative estimate of drug-likeness (QED) is 0.890. The van der Waals surface area contributed by atoms with Gasteiger partial charge in [0.15, 0.2) is 0 Å². The summed E-state index contributed by atoms with van der Waals surface area (Å²) in [7, 11) is 0. The highest BCUT2D eigenvalue weighted by molar-refractivity contribution is 7.99. The van der Waals surface area contributed by atoms with Crippen LogP contribution in [-0.4, -0.2) is 38.3 Å². The topological polar surface area (TPSA) is 50.1 Å². The molecule has 0 spiro atoms. The van der Waals surface area contributed by atoms with E-state index in [-0.39, 0.29) is 6.04 Å². The van der Waals surface area contributed by atoms with Crippen LogP contribution in [0, 0.1) is 6.92 Å². The van der Waals surface area contributed by atoms with Crippen LogP contribution in [0.2, 0.25) is 0 Å². The van der Waals surface area contributed by atoms with E-state index in [1.807, 2.05) is 31.1 Å². The molecule has 2 atom stereocenters. The minimum absolute atomic E-state index is 0.229. The monoisotopic (exact) mass is 317 g/mol. The van der Waals surface area contributed by atoms with Gasteiger partial charge in [-0.3, -0.25) is 0 Å². The Morgan fingerprint density at radius 3 is 2.77 bits per heavy atom. The van der Waals surface area contributed by atoms with E-state index in [0.717, 1.165) is 29.4 Å². The van der Waals surface area contributed by atoms with Gasteiger partial charge in [-0.15, -0.1) is 0 Å². The van der Waals surface area contributed by atoms with Crippen LogP contribution in [0.1, 0.15) is 30.8 Å². The molecule has 2 N–H and O–H groups in total. The fourth-order valence-corrected chi connectivity index (χ4v) is 4.07. The SMILES string of the molecule is Cc1nccn1-c1ccc(C(C)NCC2(O)CCSC2)cc1. The van der Waals surface area contributed by atoms with Crippen molar-refractivity contribution in [2.75, 3.05) is 18.1 Å². The average Bonchev–Trinajstić information content (AvgIpc) is 3.14.